The van der Waals surface area contributed by atoms with Crippen molar-refractivity contribution in [2.75, 3.05) is 13.7 Å². The molecular weight excluding hydrogens is 614 g/mol. The van der Waals surface area contributed by atoms with E-state index in [4.69, 9.17) is 28.4 Å². The molecule has 0 bridgehead atoms. The third kappa shape index (κ3) is 7.79. The van der Waals surface area contributed by atoms with Crippen molar-refractivity contribution in [2.24, 2.45) is 0 Å². The number of carbonyl (C=O) groups is 4. The number of hydrogen-bond donors (Lipinski definition) is 0. The molecule has 2 aromatic rings. The second kappa shape index (κ2) is 13.5. The lowest BCUT2D eigenvalue weighted by molar-refractivity contribution is -0.271. The van der Waals surface area contributed by atoms with Crippen molar-refractivity contribution in [3.05, 3.63) is 55.3 Å². The molecule has 0 spiro atoms. The molecule has 41 heavy (non-hydrogen) atoms. The molecular formula is C25H28BrN3O12. The second-order valence-electron chi connectivity index (χ2n) is 8.85. The first kappa shape index (κ1) is 31.5. The lowest BCUT2D eigenvalue weighted by atomic mass is 9.97. The highest BCUT2D eigenvalue weighted by Crippen LogP contribution is 2.33. The molecule has 5 atom stereocenters. The van der Waals surface area contributed by atoms with Crippen LogP contribution in [0.1, 0.15) is 39.5 Å². The molecule has 0 amide bonds. The van der Waals surface area contributed by atoms with Crippen molar-refractivity contribution < 1.29 is 47.6 Å². The molecule has 1 aliphatic heterocycles. The fourth-order valence-electron chi connectivity index (χ4n) is 4.16. The summed E-state index contributed by atoms with van der Waals surface area (Å²) >= 11 is 3.36. The Morgan fingerprint density at radius 3 is 2.10 bits per heavy atom. The number of halogens is 1. The van der Waals surface area contributed by atoms with Gasteiger partial charge in [-0.15, -0.1) is 0 Å². The van der Waals surface area contributed by atoms with Gasteiger partial charge in [-0.05, 0) is 33.6 Å². The molecule has 3 rings (SSSR count). The van der Waals surface area contributed by atoms with Crippen LogP contribution >= 0.6 is 15.9 Å². The monoisotopic (exact) mass is 641 g/mol. The number of benzene rings is 1. The molecule has 15 nitrogen and oxygen atoms in total. The standard InChI is InChI=1S/C25H28BrN3O12/c1-12(30)37-11-19-21(38-13(2)31)22(39-14(3)32)23(40-15(4)33)24(41-19)29-25(35)28(20(34)9-27-29)10-16-6-7-18(36-5)17(26)8-16/h6-9,19,21-24H,10-11H2,1-5H3/t19-,21+,22-,23-,24-/m1/s1. The lowest BCUT2D eigenvalue weighted by Crippen LogP contribution is -2.62. The van der Waals surface area contributed by atoms with E-state index in [2.05, 4.69) is 21.0 Å². The maximum Gasteiger partial charge on any atom is 0.350 e. The van der Waals surface area contributed by atoms with E-state index < -0.39 is 72.4 Å². The molecule has 1 fully saturated rings. The van der Waals surface area contributed by atoms with Crippen LogP contribution in [0.25, 0.3) is 0 Å². The number of aromatic nitrogens is 3. The molecule has 1 aromatic heterocycles. The number of rotatable bonds is 9. The van der Waals surface area contributed by atoms with Crippen molar-refractivity contribution in [3.63, 3.8) is 0 Å². The molecule has 0 radical (unpaired) electrons. The zero-order valence-corrected chi connectivity index (χ0v) is 24.3. The average Bonchev–Trinajstić information content (AvgIpc) is 2.87. The maximum atomic E-state index is 13.6. The van der Waals surface area contributed by atoms with Gasteiger partial charge in [0.2, 0.25) is 0 Å². The number of carbonyl (C=O) groups excluding carboxylic acids is 4. The van der Waals surface area contributed by atoms with E-state index in [9.17, 15) is 28.8 Å². The number of methoxy groups -OCH3 is 1. The molecule has 222 valence electrons. The summed E-state index contributed by atoms with van der Waals surface area (Å²) in [6, 6.07) is 4.95. The van der Waals surface area contributed by atoms with Crippen LogP contribution in [0.4, 0.5) is 0 Å². The second-order valence-corrected chi connectivity index (χ2v) is 9.71. The molecule has 0 unspecified atom stereocenters. The zero-order valence-electron chi connectivity index (χ0n) is 22.7. The van der Waals surface area contributed by atoms with Gasteiger partial charge in [0, 0.05) is 27.7 Å². The van der Waals surface area contributed by atoms with Gasteiger partial charge in [0.25, 0.3) is 5.56 Å². The number of esters is 4. The van der Waals surface area contributed by atoms with Gasteiger partial charge in [-0.2, -0.15) is 9.78 Å². The first-order valence-corrected chi connectivity index (χ1v) is 12.9. The Hall–Kier alpha value is -4.05. The van der Waals surface area contributed by atoms with Crippen LogP contribution in [-0.2, 0) is 49.4 Å². The Kier molecular flexibility index (Phi) is 10.4. The van der Waals surface area contributed by atoms with Crippen molar-refractivity contribution in [3.8, 4) is 5.75 Å². The van der Waals surface area contributed by atoms with Crippen LogP contribution in [-0.4, -0.2) is 76.4 Å². The largest absolute Gasteiger partial charge is 0.496 e. The molecule has 1 aromatic carbocycles. The van der Waals surface area contributed by atoms with E-state index in [0.717, 1.165) is 43.1 Å². The normalized spacial score (nSPS) is 21.9. The minimum absolute atomic E-state index is 0.186. The van der Waals surface area contributed by atoms with Crippen molar-refractivity contribution in [1.29, 1.82) is 0 Å². The van der Waals surface area contributed by atoms with Crippen LogP contribution in [0.2, 0.25) is 0 Å². The van der Waals surface area contributed by atoms with E-state index >= 15 is 0 Å². The predicted molar refractivity (Wildman–Crippen MR) is 140 cm³/mol. The quantitative estimate of drug-likeness (QED) is 0.273. The van der Waals surface area contributed by atoms with Crippen LogP contribution in [0.3, 0.4) is 0 Å². The SMILES string of the molecule is COc1ccc(Cn2c(=O)cnn([C@@H]3O[C@H](COC(C)=O)[C@H](OC(C)=O)[C@@H](OC(C)=O)[C@H]3OC(C)=O)c2=O)cc1Br. The first-order valence-electron chi connectivity index (χ1n) is 12.1. The summed E-state index contributed by atoms with van der Waals surface area (Å²) in [5.41, 5.74) is -1.16. The van der Waals surface area contributed by atoms with Gasteiger partial charge in [-0.25, -0.2) is 4.79 Å². The fourth-order valence-corrected chi connectivity index (χ4v) is 4.75. The van der Waals surface area contributed by atoms with Crippen molar-refractivity contribution in [2.45, 2.75) is 64.9 Å². The Morgan fingerprint density at radius 1 is 0.927 bits per heavy atom. The summed E-state index contributed by atoms with van der Waals surface area (Å²) in [6.07, 6.45) is -6.59. The molecule has 0 saturated carbocycles. The summed E-state index contributed by atoms with van der Waals surface area (Å²) in [6.45, 7) is 3.66. The first-order chi connectivity index (χ1) is 19.3. The van der Waals surface area contributed by atoms with Crippen LogP contribution < -0.4 is 16.0 Å². The van der Waals surface area contributed by atoms with Gasteiger partial charge in [0.1, 0.15) is 24.7 Å². The number of nitrogens with zero attached hydrogens (tertiary/aromatic N) is 3. The van der Waals surface area contributed by atoms with E-state index in [1.54, 1.807) is 18.2 Å². The van der Waals surface area contributed by atoms with E-state index in [1.807, 2.05) is 0 Å². The Bertz CT molecular complexity index is 1440. The Morgan fingerprint density at radius 2 is 1.54 bits per heavy atom. The number of ether oxygens (including phenoxy) is 6. The van der Waals surface area contributed by atoms with Gasteiger partial charge in [-0.1, -0.05) is 6.07 Å². The number of hydrogen-bond acceptors (Lipinski definition) is 13. The van der Waals surface area contributed by atoms with Gasteiger partial charge < -0.3 is 28.4 Å². The van der Waals surface area contributed by atoms with E-state index in [1.165, 1.54) is 7.11 Å². The van der Waals surface area contributed by atoms with Crippen LogP contribution in [0.5, 0.6) is 5.75 Å². The molecule has 0 N–H and O–H groups in total. The van der Waals surface area contributed by atoms with Crippen molar-refractivity contribution in [1.82, 2.24) is 14.3 Å². The minimum Gasteiger partial charge on any atom is -0.496 e. The Labute approximate surface area is 241 Å². The predicted octanol–water partition coefficient (Wildman–Crippen LogP) is 0.480. The van der Waals surface area contributed by atoms with Crippen LogP contribution in [0, 0.1) is 0 Å². The van der Waals surface area contributed by atoms with Gasteiger partial charge in [0.05, 0.1) is 18.1 Å². The smallest absolute Gasteiger partial charge is 0.350 e. The summed E-state index contributed by atoms with van der Waals surface area (Å²) in [5.74, 6) is -2.67. The van der Waals surface area contributed by atoms with Crippen molar-refractivity contribution >= 4 is 39.8 Å². The highest BCUT2D eigenvalue weighted by atomic mass is 79.9. The Balaban J connectivity index is 2.14. The van der Waals surface area contributed by atoms with E-state index in [-0.39, 0.29) is 6.54 Å². The summed E-state index contributed by atoms with van der Waals surface area (Å²) in [5, 5.41) is 3.90. The third-order valence-corrected chi connectivity index (χ3v) is 6.37. The maximum absolute atomic E-state index is 13.6. The molecule has 1 saturated heterocycles. The van der Waals surface area contributed by atoms with E-state index in [0.29, 0.717) is 15.8 Å². The lowest BCUT2D eigenvalue weighted by Gasteiger charge is -2.44. The van der Waals surface area contributed by atoms with Gasteiger partial charge in [-0.3, -0.25) is 28.5 Å². The summed E-state index contributed by atoms with van der Waals surface area (Å²) in [4.78, 5) is 74.0. The topological polar surface area (TPSA) is 181 Å². The summed E-state index contributed by atoms with van der Waals surface area (Å²) in [7, 11) is 1.49. The average molecular weight is 642 g/mol. The molecule has 1 aliphatic rings. The van der Waals surface area contributed by atoms with Crippen LogP contribution in [0.15, 0.2) is 38.5 Å². The third-order valence-electron chi connectivity index (χ3n) is 5.75. The summed E-state index contributed by atoms with van der Waals surface area (Å²) < 4.78 is 34.5. The van der Waals surface area contributed by atoms with Gasteiger partial charge in [0.15, 0.2) is 24.5 Å². The molecule has 2 heterocycles. The highest BCUT2D eigenvalue weighted by Gasteiger charge is 2.53. The zero-order chi connectivity index (χ0) is 30.4. The fraction of sp³-hybridized carbons (Fsp3) is 0.480. The molecule has 16 heteroatoms. The van der Waals surface area contributed by atoms with Gasteiger partial charge >= 0.3 is 29.6 Å². The molecule has 0 aliphatic carbocycles. The highest BCUT2D eigenvalue weighted by molar-refractivity contribution is 9.10. The minimum atomic E-state index is -1.61.